The summed E-state index contributed by atoms with van der Waals surface area (Å²) in [5.41, 5.74) is 2.60. The van der Waals surface area contributed by atoms with Crippen LogP contribution in [0.1, 0.15) is 30.4 Å². The van der Waals surface area contributed by atoms with Gasteiger partial charge in [0.15, 0.2) is 0 Å². The van der Waals surface area contributed by atoms with Crippen LogP contribution in [0.5, 0.6) is 0 Å². The number of aryl methyl sites for hydroxylation is 1. The molecule has 1 N–H and O–H groups in total. The van der Waals surface area contributed by atoms with Gasteiger partial charge in [0.25, 0.3) is 0 Å². The van der Waals surface area contributed by atoms with Gasteiger partial charge in [0.1, 0.15) is 6.54 Å². The number of carboxylic acid groups (broad SMARTS) is 1. The van der Waals surface area contributed by atoms with Gasteiger partial charge >= 0.3 is 0 Å². The van der Waals surface area contributed by atoms with Crippen molar-refractivity contribution in [2.45, 2.75) is 32.7 Å². The van der Waals surface area contributed by atoms with Crippen molar-refractivity contribution in [3.63, 3.8) is 0 Å². The van der Waals surface area contributed by atoms with Crippen molar-refractivity contribution in [1.82, 2.24) is 4.90 Å². The van der Waals surface area contributed by atoms with E-state index in [0.717, 1.165) is 52.0 Å². The van der Waals surface area contributed by atoms with Gasteiger partial charge in [-0.2, -0.15) is 0 Å². The molecule has 4 rings (SSSR count). The maximum absolute atomic E-state index is 13.0. The lowest BCUT2D eigenvalue weighted by Gasteiger charge is -2.38. The van der Waals surface area contributed by atoms with Crippen LogP contribution in [0.3, 0.4) is 0 Å². The summed E-state index contributed by atoms with van der Waals surface area (Å²) in [4.78, 5) is 28.0. The lowest BCUT2D eigenvalue weighted by atomic mass is 9.78. The highest BCUT2D eigenvalue weighted by Gasteiger charge is 2.52. The molecule has 1 aromatic carbocycles. The Labute approximate surface area is 155 Å². The van der Waals surface area contributed by atoms with E-state index in [1.54, 1.807) is 0 Å². The third-order valence-electron chi connectivity index (χ3n) is 6.83. The highest BCUT2D eigenvalue weighted by molar-refractivity contribution is 5.85. The zero-order chi connectivity index (χ0) is 18.3. The SMILES string of the molecule is Cc1ccc(C[NH+]2CCN(C(=O)[C@@H]3[C@@H]4CC[C@H](C4)[C@@H]3C(=O)[O-])CC2)cc1. The van der Waals surface area contributed by atoms with E-state index in [-0.39, 0.29) is 23.7 Å². The van der Waals surface area contributed by atoms with Crippen LogP contribution in [-0.2, 0) is 16.1 Å². The van der Waals surface area contributed by atoms with Crippen molar-refractivity contribution >= 4 is 11.9 Å². The molecular weight excluding hydrogens is 328 g/mol. The normalized spacial score (nSPS) is 31.3. The van der Waals surface area contributed by atoms with E-state index in [1.165, 1.54) is 16.0 Å². The van der Waals surface area contributed by atoms with Crippen LogP contribution >= 0.6 is 0 Å². The number of piperazine rings is 1. The molecule has 2 bridgehead atoms. The van der Waals surface area contributed by atoms with Crippen LogP contribution in [-0.4, -0.2) is 43.0 Å². The van der Waals surface area contributed by atoms with Crippen LogP contribution in [0.15, 0.2) is 24.3 Å². The minimum atomic E-state index is -1.01. The second-order valence-electron chi connectivity index (χ2n) is 8.44. The van der Waals surface area contributed by atoms with Gasteiger partial charge in [-0.15, -0.1) is 0 Å². The number of benzene rings is 1. The number of hydrogen-bond donors (Lipinski definition) is 1. The molecule has 0 spiro atoms. The molecule has 4 atom stereocenters. The number of fused-ring (bicyclic) bond motifs is 2. The fourth-order valence-electron chi connectivity index (χ4n) is 5.41. The van der Waals surface area contributed by atoms with Gasteiger partial charge in [0.2, 0.25) is 5.91 Å². The number of aliphatic carboxylic acids is 1. The van der Waals surface area contributed by atoms with Gasteiger partial charge in [-0.25, -0.2) is 0 Å². The number of carboxylic acids is 1. The molecule has 26 heavy (non-hydrogen) atoms. The van der Waals surface area contributed by atoms with E-state index in [0.29, 0.717) is 0 Å². The molecule has 0 radical (unpaired) electrons. The van der Waals surface area contributed by atoms with Gasteiger partial charge in [0.05, 0.1) is 26.2 Å². The third-order valence-corrected chi connectivity index (χ3v) is 6.83. The predicted molar refractivity (Wildman–Crippen MR) is 95.0 cm³/mol. The van der Waals surface area contributed by atoms with Gasteiger partial charge in [-0.1, -0.05) is 29.8 Å². The Balaban J connectivity index is 1.35. The van der Waals surface area contributed by atoms with Gasteiger partial charge < -0.3 is 19.7 Å². The fraction of sp³-hybridized carbons (Fsp3) is 0.619. The highest BCUT2D eigenvalue weighted by Crippen LogP contribution is 2.52. The van der Waals surface area contributed by atoms with E-state index in [1.807, 2.05) is 4.90 Å². The Bertz CT molecular complexity index is 679. The van der Waals surface area contributed by atoms with E-state index >= 15 is 0 Å². The maximum Gasteiger partial charge on any atom is 0.227 e. The van der Waals surface area contributed by atoms with Crippen LogP contribution in [0.4, 0.5) is 0 Å². The lowest BCUT2D eigenvalue weighted by Crippen LogP contribution is -3.13. The van der Waals surface area contributed by atoms with Gasteiger partial charge in [0, 0.05) is 23.4 Å². The Morgan fingerprint density at radius 3 is 2.31 bits per heavy atom. The molecule has 1 heterocycles. The van der Waals surface area contributed by atoms with Gasteiger partial charge in [-0.05, 0) is 38.0 Å². The number of amides is 1. The van der Waals surface area contributed by atoms with Crippen molar-refractivity contribution in [2.24, 2.45) is 23.7 Å². The van der Waals surface area contributed by atoms with Crippen molar-refractivity contribution < 1.29 is 19.6 Å². The van der Waals surface area contributed by atoms with E-state index < -0.39 is 11.9 Å². The van der Waals surface area contributed by atoms with Crippen molar-refractivity contribution in [1.29, 1.82) is 0 Å². The summed E-state index contributed by atoms with van der Waals surface area (Å²) in [7, 11) is 0. The molecule has 0 aromatic heterocycles. The summed E-state index contributed by atoms with van der Waals surface area (Å²) in [6, 6.07) is 8.65. The average Bonchev–Trinajstić information content (AvgIpc) is 3.25. The molecule has 2 aliphatic carbocycles. The highest BCUT2D eigenvalue weighted by atomic mass is 16.4. The van der Waals surface area contributed by atoms with Crippen LogP contribution in [0.2, 0.25) is 0 Å². The number of carbonyl (C=O) groups excluding carboxylic acids is 2. The zero-order valence-electron chi connectivity index (χ0n) is 15.4. The second-order valence-corrected chi connectivity index (χ2v) is 8.44. The van der Waals surface area contributed by atoms with Crippen molar-refractivity contribution in [3.8, 4) is 0 Å². The number of hydrogen-bond acceptors (Lipinski definition) is 3. The molecular formula is C21H28N2O3. The van der Waals surface area contributed by atoms with Gasteiger partial charge in [-0.3, -0.25) is 4.79 Å². The Hall–Kier alpha value is -1.88. The average molecular weight is 356 g/mol. The first-order valence-corrected chi connectivity index (χ1v) is 9.91. The molecule has 2 saturated carbocycles. The maximum atomic E-state index is 13.0. The van der Waals surface area contributed by atoms with Crippen molar-refractivity contribution in [2.75, 3.05) is 26.2 Å². The van der Waals surface area contributed by atoms with Crippen LogP contribution < -0.4 is 10.0 Å². The lowest BCUT2D eigenvalue weighted by molar-refractivity contribution is -0.917. The molecule has 3 fully saturated rings. The Morgan fingerprint density at radius 1 is 1.08 bits per heavy atom. The number of carbonyl (C=O) groups is 2. The molecule has 1 amide bonds. The fourth-order valence-corrected chi connectivity index (χ4v) is 5.41. The minimum absolute atomic E-state index is 0.0702. The second kappa shape index (κ2) is 7.03. The van der Waals surface area contributed by atoms with E-state index in [4.69, 9.17) is 0 Å². The predicted octanol–water partition coefficient (Wildman–Crippen LogP) is -0.366. The summed E-state index contributed by atoms with van der Waals surface area (Å²) < 4.78 is 0. The van der Waals surface area contributed by atoms with Crippen LogP contribution in [0, 0.1) is 30.6 Å². The summed E-state index contributed by atoms with van der Waals surface area (Å²) in [6.45, 7) is 6.39. The Morgan fingerprint density at radius 2 is 1.69 bits per heavy atom. The van der Waals surface area contributed by atoms with E-state index in [2.05, 4.69) is 31.2 Å². The van der Waals surface area contributed by atoms with Crippen molar-refractivity contribution in [3.05, 3.63) is 35.4 Å². The molecule has 0 unspecified atom stereocenters. The first kappa shape index (κ1) is 17.5. The number of quaternary nitrogens is 1. The molecule has 1 saturated heterocycles. The molecule has 1 aromatic rings. The minimum Gasteiger partial charge on any atom is -0.550 e. The number of nitrogens with one attached hydrogen (secondary N) is 1. The molecule has 140 valence electrons. The van der Waals surface area contributed by atoms with E-state index in [9.17, 15) is 14.7 Å². The Kier molecular flexibility index (Phi) is 4.74. The molecule has 5 heteroatoms. The monoisotopic (exact) mass is 356 g/mol. The quantitative estimate of drug-likeness (QED) is 0.801. The summed E-state index contributed by atoms with van der Waals surface area (Å²) in [6.07, 6.45) is 2.85. The smallest absolute Gasteiger partial charge is 0.227 e. The summed E-state index contributed by atoms with van der Waals surface area (Å²) in [5, 5.41) is 11.6. The summed E-state index contributed by atoms with van der Waals surface area (Å²) in [5.74, 6) is -1.42. The number of rotatable bonds is 4. The molecule has 1 aliphatic heterocycles. The first-order chi connectivity index (χ1) is 12.5. The standard InChI is InChI=1S/C21H28N2O3/c1-14-2-4-15(5-3-14)13-22-8-10-23(11-9-22)20(24)18-16-6-7-17(12-16)19(18)21(25)26/h2-5,16-19H,6-13H2,1H3,(H,25,26)/t16-,17-,18-,19+/m1/s1. The first-order valence-electron chi connectivity index (χ1n) is 9.91. The molecule has 3 aliphatic rings. The topological polar surface area (TPSA) is 64.9 Å². The zero-order valence-corrected chi connectivity index (χ0v) is 15.4. The third kappa shape index (κ3) is 3.25. The largest absolute Gasteiger partial charge is 0.550 e. The summed E-state index contributed by atoms with van der Waals surface area (Å²) >= 11 is 0. The van der Waals surface area contributed by atoms with Crippen LogP contribution in [0.25, 0.3) is 0 Å². The molecule has 5 nitrogen and oxygen atoms in total. The number of nitrogens with zero attached hydrogens (tertiary/aromatic N) is 1.